The van der Waals surface area contributed by atoms with Crippen LogP contribution in [0.15, 0.2) is 18.3 Å². The summed E-state index contributed by atoms with van der Waals surface area (Å²) in [7, 11) is 0. The first-order valence-electron chi connectivity index (χ1n) is 7.13. The quantitative estimate of drug-likeness (QED) is 0.888. The number of nitrogens with one attached hydrogen (secondary N) is 1. The predicted octanol–water partition coefficient (Wildman–Crippen LogP) is 1.14. The Morgan fingerprint density at radius 3 is 2.80 bits per heavy atom. The summed E-state index contributed by atoms with van der Waals surface area (Å²) in [6.45, 7) is 4.01. The molecule has 0 saturated carbocycles. The average molecular weight is 295 g/mol. The monoisotopic (exact) mass is 294 g/mol. The number of piperazine rings is 1. The van der Waals surface area contributed by atoms with Crippen LogP contribution in [0.4, 0.5) is 5.82 Å². The van der Waals surface area contributed by atoms with Crippen LogP contribution in [0.25, 0.3) is 0 Å². The normalized spacial score (nSPS) is 23.1. The molecule has 3 rings (SSSR count). The molecule has 3 heterocycles. The van der Waals surface area contributed by atoms with E-state index in [9.17, 15) is 4.79 Å². The van der Waals surface area contributed by atoms with Gasteiger partial charge in [-0.25, -0.2) is 4.98 Å². The fraction of sp³-hybridized carbons (Fsp3) is 0.571. The molecule has 0 aliphatic carbocycles. The first kappa shape index (κ1) is 13.6. The molecule has 1 aromatic rings. The van der Waals surface area contributed by atoms with Crippen molar-refractivity contribution in [3.63, 3.8) is 0 Å². The Labute approximate surface area is 123 Å². The van der Waals surface area contributed by atoms with E-state index in [1.54, 1.807) is 6.20 Å². The molecule has 20 heavy (non-hydrogen) atoms. The SMILES string of the molecule is O=C(C1CCCN1)N1CCN(c2ncccc2Cl)CC1. The predicted molar refractivity (Wildman–Crippen MR) is 79.1 cm³/mol. The van der Waals surface area contributed by atoms with Crippen molar-refractivity contribution in [3.05, 3.63) is 23.4 Å². The van der Waals surface area contributed by atoms with Crippen LogP contribution in [-0.4, -0.2) is 54.6 Å². The third kappa shape index (κ3) is 2.74. The van der Waals surface area contributed by atoms with Crippen LogP contribution in [0, 0.1) is 0 Å². The summed E-state index contributed by atoms with van der Waals surface area (Å²) in [5.74, 6) is 1.06. The first-order chi connectivity index (χ1) is 9.75. The molecule has 1 atom stereocenters. The first-order valence-corrected chi connectivity index (χ1v) is 7.51. The van der Waals surface area contributed by atoms with Crippen LogP contribution in [-0.2, 0) is 4.79 Å². The number of rotatable bonds is 2. The van der Waals surface area contributed by atoms with Crippen LogP contribution in [0.2, 0.25) is 5.02 Å². The van der Waals surface area contributed by atoms with Gasteiger partial charge in [0.05, 0.1) is 11.1 Å². The number of nitrogens with zero attached hydrogens (tertiary/aromatic N) is 3. The highest BCUT2D eigenvalue weighted by molar-refractivity contribution is 6.32. The molecule has 2 fully saturated rings. The van der Waals surface area contributed by atoms with Crippen molar-refractivity contribution < 1.29 is 4.79 Å². The maximum atomic E-state index is 12.3. The zero-order chi connectivity index (χ0) is 13.9. The fourth-order valence-corrected chi connectivity index (χ4v) is 3.11. The van der Waals surface area contributed by atoms with Gasteiger partial charge in [0.1, 0.15) is 5.82 Å². The Bertz CT molecular complexity index is 482. The molecule has 1 N–H and O–H groups in total. The zero-order valence-electron chi connectivity index (χ0n) is 11.4. The second-order valence-corrected chi connectivity index (χ2v) is 5.68. The lowest BCUT2D eigenvalue weighted by Crippen LogP contribution is -2.53. The highest BCUT2D eigenvalue weighted by atomic mass is 35.5. The molecule has 0 aromatic carbocycles. The van der Waals surface area contributed by atoms with E-state index in [1.165, 1.54) is 0 Å². The lowest BCUT2D eigenvalue weighted by atomic mass is 10.2. The van der Waals surface area contributed by atoms with Crippen molar-refractivity contribution in [3.8, 4) is 0 Å². The maximum absolute atomic E-state index is 12.3. The van der Waals surface area contributed by atoms with E-state index < -0.39 is 0 Å². The van der Waals surface area contributed by atoms with Gasteiger partial charge in [-0.1, -0.05) is 11.6 Å². The topological polar surface area (TPSA) is 48.5 Å². The Balaban J connectivity index is 1.59. The van der Waals surface area contributed by atoms with E-state index in [-0.39, 0.29) is 11.9 Å². The largest absolute Gasteiger partial charge is 0.352 e. The van der Waals surface area contributed by atoms with Crippen LogP contribution in [0.5, 0.6) is 0 Å². The Kier molecular flexibility index (Phi) is 4.08. The van der Waals surface area contributed by atoms with E-state index in [2.05, 4.69) is 15.2 Å². The number of pyridine rings is 1. The molecule has 0 bridgehead atoms. The minimum absolute atomic E-state index is 0.0278. The molecule has 2 saturated heterocycles. The number of carbonyl (C=O) groups is 1. The number of carbonyl (C=O) groups excluding carboxylic acids is 1. The van der Waals surface area contributed by atoms with Gasteiger partial charge in [0.15, 0.2) is 0 Å². The summed E-state index contributed by atoms with van der Waals surface area (Å²) in [5, 5.41) is 3.94. The van der Waals surface area contributed by atoms with Crippen molar-refractivity contribution in [1.82, 2.24) is 15.2 Å². The lowest BCUT2D eigenvalue weighted by Gasteiger charge is -2.36. The lowest BCUT2D eigenvalue weighted by molar-refractivity contribution is -0.133. The number of hydrogen-bond donors (Lipinski definition) is 1. The third-order valence-corrected chi connectivity index (χ3v) is 4.28. The summed E-state index contributed by atoms with van der Waals surface area (Å²) in [6.07, 6.45) is 3.81. The Hall–Kier alpha value is -1.33. The summed E-state index contributed by atoms with van der Waals surface area (Å²) < 4.78 is 0. The number of hydrogen-bond acceptors (Lipinski definition) is 4. The Morgan fingerprint density at radius 2 is 2.15 bits per heavy atom. The molecular weight excluding hydrogens is 276 g/mol. The van der Waals surface area contributed by atoms with Crippen LogP contribution >= 0.6 is 11.6 Å². The molecule has 1 aromatic heterocycles. The zero-order valence-corrected chi connectivity index (χ0v) is 12.1. The molecular formula is C14H19ClN4O. The highest BCUT2D eigenvalue weighted by Crippen LogP contribution is 2.23. The summed E-state index contributed by atoms with van der Waals surface area (Å²) in [6, 6.07) is 3.71. The van der Waals surface area contributed by atoms with E-state index in [4.69, 9.17) is 11.6 Å². The molecule has 1 amide bonds. The van der Waals surface area contributed by atoms with Gasteiger partial charge < -0.3 is 15.1 Å². The molecule has 0 spiro atoms. The summed E-state index contributed by atoms with van der Waals surface area (Å²) in [4.78, 5) is 20.7. The van der Waals surface area contributed by atoms with Crippen molar-refractivity contribution in [1.29, 1.82) is 0 Å². The fourth-order valence-electron chi connectivity index (χ4n) is 2.86. The summed E-state index contributed by atoms with van der Waals surface area (Å²) >= 11 is 6.17. The molecule has 108 valence electrons. The van der Waals surface area contributed by atoms with Gasteiger partial charge in [0.2, 0.25) is 5.91 Å². The Morgan fingerprint density at radius 1 is 1.35 bits per heavy atom. The molecule has 5 nitrogen and oxygen atoms in total. The number of amides is 1. The van der Waals surface area contributed by atoms with E-state index in [1.807, 2.05) is 17.0 Å². The molecule has 2 aliphatic rings. The number of anilines is 1. The molecule has 2 aliphatic heterocycles. The standard InChI is InChI=1S/C14H19ClN4O/c15-11-3-1-6-17-13(11)18-7-9-19(10-8-18)14(20)12-4-2-5-16-12/h1,3,6,12,16H,2,4-5,7-10H2. The minimum Gasteiger partial charge on any atom is -0.352 e. The second-order valence-electron chi connectivity index (χ2n) is 5.27. The maximum Gasteiger partial charge on any atom is 0.239 e. The van der Waals surface area contributed by atoms with Gasteiger partial charge in [-0.3, -0.25) is 4.79 Å². The van der Waals surface area contributed by atoms with Crippen molar-refractivity contribution in [2.45, 2.75) is 18.9 Å². The van der Waals surface area contributed by atoms with Crippen LogP contribution < -0.4 is 10.2 Å². The summed E-state index contributed by atoms with van der Waals surface area (Å²) in [5.41, 5.74) is 0. The van der Waals surface area contributed by atoms with E-state index in [0.717, 1.165) is 51.4 Å². The van der Waals surface area contributed by atoms with Crippen molar-refractivity contribution in [2.24, 2.45) is 0 Å². The van der Waals surface area contributed by atoms with Gasteiger partial charge in [0.25, 0.3) is 0 Å². The molecule has 1 unspecified atom stereocenters. The van der Waals surface area contributed by atoms with E-state index >= 15 is 0 Å². The number of halogens is 1. The third-order valence-electron chi connectivity index (χ3n) is 3.99. The average Bonchev–Trinajstić information content (AvgIpc) is 3.01. The second kappa shape index (κ2) is 5.97. The molecule has 6 heteroatoms. The van der Waals surface area contributed by atoms with E-state index in [0.29, 0.717) is 5.02 Å². The molecule has 0 radical (unpaired) electrons. The van der Waals surface area contributed by atoms with Gasteiger partial charge in [0, 0.05) is 32.4 Å². The number of aromatic nitrogens is 1. The van der Waals surface area contributed by atoms with Gasteiger partial charge in [-0.15, -0.1) is 0 Å². The van der Waals surface area contributed by atoms with Crippen LogP contribution in [0.1, 0.15) is 12.8 Å². The van der Waals surface area contributed by atoms with Crippen molar-refractivity contribution >= 4 is 23.3 Å². The van der Waals surface area contributed by atoms with Gasteiger partial charge >= 0.3 is 0 Å². The van der Waals surface area contributed by atoms with Gasteiger partial charge in [-0.2, -0.15) is 0 Å². The van der Waals surface area contributed by atoms with Crippen molar-refractivity contribution in [2.75, 3.05) is 37.6 Å². The van der Waals surface area contributed by atoms with Crippen LogP contribution in [0.3, 0.4) is 0 Å². The van der Waals surface area contributed by atoms with Gasteiger partial charge in [-0.05, 0) is 31.5 Å². The highest BCUT2D eigenvalue weighted by Gasteiger charge is 2.29. The smallest absolute Gasteiger partial charge is 0.239 e. The minimum atomic E-state index is 0.0278.